The molecule has 1 aliphatic heterocycles. The average Bonchev–Trinajstić information content (AvgIpc) is 3.56. The van der Waals surface area contributed by atoms with E-state index in [2.05, 4.69) is 16.5 Å². The van der Waals surface area contributed by atoms with Gasteiger partial charge >= 0.3 is 0 Å². The van der Waals surface area contributed by atoms with Crippen molar-refractivity contribution in [1.29, 1.82) is 0 Å². The van der Waals surface area contributed by atoms with Crippen LogP contribution in [0.2, 0.25) is 5.02 Å². The predicted molar refractivity (Wildman–Crippen MR) is 139 cm³/mol. The number of nitrogens with zero attached hydrogens (tertiary/aromatic N) is 2. The monoisotopic (exact) mass is 515 g/mol. The fourth-order valence-corrected chi connectivity index (χ4v) is 5.36. The number of amides is 1. The minimum atomic E-state index is -3.84. The van der Waals surface area contributed by atoms with E-state index in [1.807, 2.05) is 23.1 Å². The number of sulfonamides is 1. The summed E-state index contributed by atoms with van der Waals surface area (Å²) in [6, 6.07) is 14.9. The van der Waals surface area contributed by atoms with Gasteiger partial charge in [0.25, 0.3) is 15.9 Å². The molecule has 0 spiro atoms. The summed E-state index contributed by atoms with van der Waals surface area (Å²) < 4.78 is 34.1. The van der Waals surface area contributed by atoms with Crippen LogP contribution in [0, 0.1) is 0 Å². The zero-order chi connectivity index (χ0) is 24.8. The SMILES string of the molecule is CCCCN(Cc1ccco1)c1ccc(NS(=O)(=O)c2ccc(Cl)cc2)cc1C(=O)N1CCCC1. The second kappa shape index (κ2) is 11.2. The number of benzene rings is 2. The van der Waals surface area contributed by atoms with Crippen LogP contribution in [0.1, 0.15) is 48.7 Å². The molecule has 1 aromatic heterocycles. The lowest BCUT2D eigenvalue weighted by molar-refractivity contribution is 0.0793. The lowest BCUT2D eigenvalue weighted by Gasteiger charge is -2.28. The zero-order valence-corrected chi connectivity index (χ0v) is 21.3. The Hall–Kier alpha value is -2.97. The van der Waals surface area contributed by atoms with Crippen molar-refractivity contribution in [1.82, 2.24) is 4.90 Å². The van der Waals surface area contributed by atoms with E-state index in [-0.39, 0.29) is 10.8 Å². The maximum atomic E-state index is 13.6. The molecule has 0 aliphatic carbocycles. The molecule has 1 N–H and O–H groups in total. The summed E-state index contributed by atoms with van der Waals surface area (Å²) in [4.78, 5) is 17.6. The molecule has 2 aromatic carbocycles. The molecule has 0 bridgehead atoms. The van der Waals surface area contributed by atoms with Crippen molar-refractivity contribution in [2.75, 3.05) is 29.3 Å². The maximum Gasteiger partial charge on any atom is 0.261 e. The van der Waals surface area contributed by atoms with Crippen molar-refractivity contribution in [3.63, 3.8) is 0 Å². The molecule has 3 aromatic rings. The van der Waals surface area contributed by atoms with Crippen molar-refractivity contribution in [2.45, 2.75) is 44.0 Å². The van der Waals surface area contributed by atoms with Crippen LogP contribution in [0.3, 0.4) is 0 Å². The van der Waals surface area contributed by atoms with Crippen molar-refractivity contribution in [3.05, 3.63) is 77.2 Å². The van der Waals surface area contributed by atoms with Gasteiger partial charge in [-0.1, -0.05) is 24.9 Å². The highest BCUT2D eigenvalue weighted by molar-refractivity contribution is 7.92. The van der Waals surface area contributed by atoms with Gasteiger partial charge in [0.1, 0.15) is 5.76 Å². The smallest absolute Gasteiger partial charge is 0.261 e. The maximum absolute atomic E-state index is 13.6. The lowest BCUT2D eigenvalue weighted by Crippen LogP contribution is -2.31. The van der Waals surface area contributed by atoms with Gasteiger partial charge in [0.15, 0.2) is 0 Å². The zero-order valence-electron chi connectivity index (χ0n) is 19.7. The number of hydrogen-bond acceptors (Lipinski definition) is 5. The van der Waals surface area contributed by atoms with Crippen LogP contribution in [0.4, 0.5) is 11.4 Å². The van der Waals surface area contributed by atoms with E-state index < -0.39 is 10.0 Å². The van der Waals surface area contributed by atoms with E-state index in [4.69, 9.17) is 16.0 Å². The first-order valence-corrected chi connectivity index (χ1v) is 13.7. The van der Waals surface area contributed by atoms with Gasteiger partial charge in [0, 0.05) is 30.3 Å². The Morgan fingerprint density at radius 3 is 2.51 bits per heavy atom. The number of hydrogen-bond donors (Lipinski definition) is 1. The molecule has 7 nitrogen and oxygen atoms in total. The second-order valence-corrected chi connectivity index (χ2v) is 10.8. The molecule has 4 rings (SSSR count). The molecular formula is C26H30ClN3O4S. The van der Waals surface area contributed by atoms with E-state index >= 15 is 0 Å². The molecule has 0 radical (unpaired) electrons. The summed E-state index contributed by atoms with van der Waals surface area (Å²) in [5, 5.41) is 0.454. The molecule has 0 unspecified atom stereocenters. The molecule has 0 saturated carbocycles. The van der Waals surface area contributed by atoms with Crippen LogP contribution in [0.15, 0.2) is 70.2 Å². The largest absolute Gasteiger partial charge is 0.467 e. The Labute approximate surface area is 211 Å². The summed E-state index contributed by atoms with van der Waals surface area (Å²) in [7, 11) is -3.84. The Morgan fingerprint density at radius 2 is 1.86 bits per heavy atom. The topological polar surface area (TPSA) is 82.9 Å². The number of rotatable bonds is 10. The van der Waals surface area contributed by atoms with E-state index in [0.29, 0.717) is 35.9 Å². The molecule has 1 saturated heterocycles. The van der Waals surface area contributed by atoms with Gasteiger partial charge in [-0.3, -0.25) is 9.52 Å². The number of carbonyl (C=O) groups is 1. The molecule has 0 atom stereocenters. The van der Waals surface area contributed by atoms with Crippen molar-refractivity contribution < 1.29 is 17.6 Å². The van der Waals surface area contributed by atoms with Gasteiger partial charge in [-0.25, -0.2) is 8.42 Å². The summed E-state index contributed by atoms with van der Waals surface area (Å²) in [6.45, 7) is 4.78. The fraction of sp³-hybridized carbons (Fsp3) is 0.346. The van der Waals surface area contributed by atoms with Crippen LogP contribution < -0.4 is 9.62 Å². The lowest BCUT2D eigenvalue weighted by atomic mass is 10.1. The number of unbranched alkanes of at least 4 members (excludes halogenated alkanes) is 1. The summed E-state index contributed by atoms with van der Waals surface area (Å²) in [5.41, 5.74) is 1.58. The third-order valence-corrected chi connectivity index (χ3v) is 7.69. The molecule has 1 aliphatic rings. The van der Waals surface area contributed by atoms with Crippen molar-refractivity contribution in [3.8, 4) is 0 Å². The minimum Gasteiger partial charge on any atom is -0.467 e. The van der Waals surface area contributed by atoms with E-state index in [9.17, 15) is 13.2 Å². The van der Waals surface area contributed by atoms with Gasteiger partial charge in [-0.05, 0) is 73.9 Å². The number of furan rings is 1. The predicted octanol–water partition coefficient (Wildman–Crippen LogP) is 5.78. The van der Waals surface area contributed by atoms with E-state index in [1.165, 1.54) is 24.3 Å². The third kappa shape index (κ3) is 6.18. The van der Waals surface area contributed by atoms with Crippen LogP contribution in [0.25, 0.3) is 0 Å². The molecule has 2 heterocycles. The van der Waals surface area contributed by atoms with Gasteiger partial charge in [0.05, 0.1) is 29.0 Å². The number of halogens is 1. The van der Waals surface area contributed by atoms with Crippen LogP contribution >= 0.6 is 11.6 Å². The highest BCUT2D eigenvalue weighted by Crippen LogP contribution is 2.30. The fourth-order valence-electron chi connectivity index (χ4n) is 4.19. The Kier molecular flexibility index (Phi) is 8.03. The summed E-state index contributed by atoms with van der Waals surface area (Å²) >= 11 is 5.90. The second-order valence-electron chi connectivity index (χ2n) is 8.65. The first-order valence-electron chi connectivity index (χ1n) is 11.9. The summed E-state index contributed by atoms with van der Waals surface area (Å²) in [5.74, 6) is 0.708. The number of nitrogens with one attached hydrogen (secondary N) is 1. The first kappa shape index (κ1) is 25.1. The average molecular weight is 516 g/mol. The number of carbonyl (C=O) groups excluding carboxylic acids is 1. The first-order chi connectivity index (χ1) is 16.9. The normalized spacial score (nSPS) is 13.7. The molecule has 1 amide bonds. The summed E-state index contributed by atoms with van der Waals surface area (Å²) in [6.07, 6.45) is 5.52. The minimum absolute atomic E-state index is 0.0917. The van der Waals surface area contributed by atoms with Gasteiger partial charge in [-0.2, -0.15) is 0 Å². The Balaban J connectivity index is 1.70. The van der Waals surface area contributed by atoms with Crippen LogP contribution in [-0.2, 0) is 16.6 Å². The third-order valence-electron chi connectivity index (χ3n) is 6.05. The number of likely N-dealkylation sites (tertiary alicyclic amines) is 1. The van der Waals surface area contributed by atoms with Crippen LogP contribution in [0.5, 0.6) is 0 Å². The highest BCUT2D eigenvalue weighted by atomic mass is 35.5. The van der Waals surface area contributed by atoms with Crippen molar-refractivity contribution in [2.24, 2.45) is 0 Å². The quantitative estimate of drug-likeness (QED) is 0.370. The Morgan fingerprint density at radius 1 is 1.11 bits per heavy atom. The Bertz CT molecular complexity index is 1240. The van der Waals surface area contributed by atoms with Crippen LogP contribution in [-0.4, -0.2) is 38.9 Å². The van der Waals surface area contributed by atoms with E-state index in [0.717, 1.165) is 43.7 Å². The van der Waals surface area contributed by atoms with Crippen molar-refractivity contribution >= 4 is 38.9 Å². The molecule has 186 valence electrons. The standard InChI is InChI=1S/C26H30ClN3O4S/c1-2-3-14-30(19-22-7-6-17-34-22)25-13-10-21(18-24(25)26(31)29-15-4-5-16-29)28-35(32,33)23-11-8-20(27)9-12-23/h6-13,17-18,28H,2-5,14-16,19H2,1H3. The molecule has 1 fully saturated rings. The number of anilines is 2. The van der Waals surface area contributed by atoms with E-state index in [1.54, 1.807) is 18.4 Å². The van der Waals surface area contributed by atoms with Gasteiger partial charge in [-0.15, -0.1) is 0 Å². The highest BCUT2D eigenvalue weighted by Gasteiger charge is 2.25. The molecule has 9 heteroatoms. The molecule has 35 heavy (non-hydrogen) atoms. The van der Waals surface area contributed by atoms with Gasteiger partial charge < -0.3 is 14.2 Å². The van der Waals surface area contributed by atoms with Gasteiger partial charge in [0.2, 0.25) is 0 Å². The molecular weight excluding hydrogens is 486 g/mol.